The Morgan fingerprint density at radius 2 is 2.14 bits per heavy atom. The number of nitrogens with one attached hydrogen (secondary N) is 1. The van der Waals surface area contributed by atoms with E-state index in [1.165, 1.54) is 12.7 Å². The van der Waals surface area contributed by atoms with Crippen molar-refractivity contribution in [2.75, 3.05) is 31.6 Å². The van der Waals surface area contributed by atoms with Crippen LogP contribution >= 0.6 is 0 Å². The van der Waals surface area contributed by atoms with E-state index in [0.717, 1.165) is 32.4 Å². The average Bonchev–Trinajstić information content (AvgIpc) is 2.54. The fourth-order valence-electron chi connectivity index (χ4n) is 2.32. The van der Waals surface area contributed by atoms with Crippen LogP contribution in [0.4, 0.5) is 5.82 Å². The molecule has 1 aliphatic heterocycles. The number of likely N-dealkylation sites (tertiary alicyclic amines) is 1. The lowest BCUT2D eigenvalue weighted by molar-refractivity contribution is -0.131. The summed E-state index contributed by atoms with van der Waals surface area (Å²) in [6.45, 7) is 5.08. The van der Waals surface area contributed by atoms with Gasteiger partial charge in [-0.1, -0.05) is 6.92 Å². The Morgan fingerprint density at radius 3 is 2.90 bits per heavy atom. The van der Waals surface area contributed by atoms with Gasteiger partial charge in [-0.15, -0.1) is 0 Å². The van der Waals surface area contributed by atoms with Crippen LogP contribution in [0.3, 0.4) is 0 Å². The minimum atomic E-state index is 0.221. The molecule has 6 nitrogen and oxygen atoms in total. The molecule has 116 valence electrons. The van der Waals surface area contributed by atoms with Gasteiger partial charge in [0.2, 0.25) is 11.8 Å². The topological polar surface area (TPSA) is 67.3 Å². The van der Waals surface area contributed by atoms with Crippen molar-refractivity contribution in [1.82, 2.24) is 14.9 Å². The number of nitrogens with zero attached hydrogens (tertiary/aromatic N) is 3. The van der Waals surface area contributed by atoms with Crippen molar-refractivity contribution < 1.29 is 9.53 Å². The molecular weight excluding hydrogens is 268 g/mol. The normalized spacial score (nSPS) is 14.8. The number of hydrogen-bond donors (Lipinski definition) is 1. The van der Waals surface area contributed by atoms with E-state index in [1.54, 1.807) is 6.07 Å². The average molecular weight is 292 g/mol. The van der Waals surface area contributed by atoms with Crippen molar-refractivity contribution in [3.8, 4) is 5.88 Å². The van der Waals surface area contributed by atoms with Crippen molar-refractivity contribution in [1.29, 1.82) is 0 Å². The van der Waals surface area contributed by atoms with Crippen LogP contribution in [-0.2, 0) is 4.79 Å². The molecule has 0 radical (unpaired) electrons. The summed E-state index contributed by atoms with van der Waals surface area (Å²) >= 11 is 0. The zero-order chi connectivity index (χ0) is 14.9. The van der Waals surface area contributed by atoms with Gasteiger partial charge < -0.3 is 15.0 Å². The molecule has 0 bridgehead atoms. The van der Waals surface area contributed by atoms with Crippen LogP contribution in [0.2, 0.25) is 0 Å². The molecule has 1 aromatic heterocycles. The van der Waals surface area contributed by atoms with Gasteiger partial charge in [0.15, 0.2) is 0 Å². The minimum absolute atomic E-state index is 0.221. The van der Waals surface area contributed by atoms with Gasteiger partial charge in [0, 0.05) is 32.1 Å². The van der Waals surface area contributed by atoms with Gasteiger partial charge in [-0.2, -0.15) is 0 Å². The highest BCUT2D eigenvalue weighted by Crippen LogP contribution is 2.12. The van der Waals surface area contributed by atoms with Crippen LogP contribution in [0.15, 0.2) is 12.4 Å². The summed E-state index contributed by atoms with van der Waals surface area (Å²) < 4.78 is 5.45. The maximum absolute atomic E-state index is 12.0. The lowest BCUT2D eigenvalue weighted by atomic mass is 10.1. The van der Waals surface area contributed by atoms with Gasteiger partial charge in [-0.05, 0) is 25.7 Å². The molecule has 0 aromatic carbocycles. The van der Waals surface area contributed by atoms with Crippen molar-refractivity contribution in [3.05, 3.63) is 12.4 Å². The van der Waals surface area contributed by atoms with E-state index < -0.39 is 0 Å². The van der Waals surface area contributed by atoms with E-state index in [-0.39, 0.29) is 5.91 Å². The number of amides is 1. The third-order valence-corrected chi connectivity index (χ3v) is 3.45. The molecule has 21 heavy (non-hydrogen) atoms. The number of anilines is 1. The van der Waals surface area contributed by atoms with Gasteiger partial charge in [0.1, 0.15) is 12.1 Å². The molecule has 1 saturated heterocycles. The molecule has 0 spiro atoms. The Kier molecular flexibility index (Phi) is 6.24. The monoisotopic (exact) mass is 292 g/mol. The van der Waals surface area contributed by atoms with E-state index in [9.17, 15) is 4.79 Å². The smallest absolute Gasteiger partial charge is 0.224 e. The predicted molar refractivity (Wildman–Crippen MR) is 81.4 cm³/mol. The Bertz CT molecular complexity index is 447. The third-order valence-electron chi connectivity index (χ3n) is 3.45. The van der Waals surface area contributed by atoms with Crippen LogP contribution in [0.25, 0.3) is 0 Å². The van der Waals surface area contributed by atoms with Gasteiger partial charge >= 0.3 is 0 Å². The van der Waals surface area contributed by atoms with E-state index >= 15 is 0 Å². The van der Waals surface area contributed by atoms with Crippen molar-refractivity contribution >= 4 is 11.7 Å². The van der Waals surface area contributed by atoms with Gasteiger partial charge in [-0.25, -0.2) is 9.97 Å². The molecule has 0 aliphatic carbocycles. The number of piperidine rings is 1. The Balaban J connectivity index is 1.73. The van der Waals surface area contributed by atoms with Crippen molar-refractivity contribution in [2.24, 2.45) is 0 Å². The van der Waals surface area contributed by atoms with Gasteiger partial charge in [0.25, 0.3) is 0 Å². The second-order valence-electron chi connectivity index (χ2n) is 5.21. The molecule has 1 amide bonds. The second kappa shape index (κ2) is 8.44. The summed E-state index contributed by atoms with van der Waals surface area (Å²) in [5.41, 5.74) is 0. The van der Waals surface area contributed by atoms with Crippen LogP contribution in [-0.4, -0.2) is 47.0 Å². The molecular formula is C15H24N4O2. The first kappa shape index (κ1) is 15.5. The van der Waals surface area contributed by atoms with Gasteiger partial charge in [0.05, 0.1) is 6.61 Å². The van der Waals surface area contributed by atoms with Crippen LogP contribution in [0.5, 0.6) is 5.88 Å². The molecule has 6 heteroatoms. The fraction of sp³-hybridized carbons (Fsp3) is 0.667. The first-order valence-corrected chi connectivity index (χ1v) is 7.76. The van der Waals surface area contributed by atoms with E-state index in [0.29, 0.717) is 31.3 Å². The maximum atomic E-state index is 12.0. The van der Waals surface area contributed by atoms with E-state index in [1.807, 2.05) is 11.8 Å². The van der Waals surface area contributed by atoms with Crippen molar-refractivity contribution in [3.63, 3.8) is 0 Å². The first-order chi connectivity index (χ1) is 10.3. The molecule has 0 unspecified atom stereocenters. The Hall–Kier alpha value is -1.85. The molecule has 1 N–H and O–H groups in total. The Morgan fingerprint density at radius 1 is 1.33 bits per heavy atom. The molecule has 1 aromatic rings. The van der Waals surface area contributed by atoms with Crippen LogP contribution in [0.1, 0.15) is 39.0 Å². The Labute approximate surface area is 125 Å². The summed E-state index contributed by atoms with van der Waals surface area (Å²) in [6.07, 6.45) is 6.40. The fourth-order valence-corrected chi connectivity index (χ4v) is 2.32. The molecule has 0 atom stereocenters. The number of aromatic nitrogens is 2. The van der Waals surface area contributed by atoms with E-state index in [2.05, 4.69) is 15.3 Å². The number of hydrogen-bond acceptors (Lipinski definition) is 5. The number of rotatable bonds is 7. The van der Waals surface area contributed by atoms with Crippen LogP contribution in [0, 0.1) is 0 Å². The first-order valence-electron chi connectivity index (χ1n) is 7.76. The van der Waals surface area contributed by atoms with E-state index in [4.69, 9.17) is 4.74 Å². The summed E-state index contributed by atoms with van der Waals surface area (Å²) in [4.78, 5) is 22.2. The molecule has 1 aliphatic rings. The molecule has 2 rings (SSSR count). The quantitative estimate of drug-likeness (QED) is 0.833. The highest BCUT2D eigenvalue weighted by molar-refractivity contribution is 5.76. The number of ether oxygens (including phenoxy) is 1. The highest BCUT2D eigenvalue weighted by Gasteiger charge is 2.15. The molecule has 1 fully saturated rings. The van der Waals surface area contributed by atoms with Crippen LogP contribution < -0.4 is 10.1 Å². The summed E-state index contributed by atoms with van der Waals surface area (Å²) in [5.74, 6) is 1.48. The SMILES string of the molecule is CCCOc1cc(NCCC(=O)N2CCCCC2)ncn1. The molecule has 0 saturated carbocycles. The lowest BCUT2D eigenvalue weighted by Gasteiger charge is -2.26. The summed E-state index contributed by atoms with van der Waals surface area (Å²) in [7, 11) is 0. The maximum Gasteiger partial charge on any atom is 0.224 e. The van der Waals surface area contributed by atoms with Crippen molar-refractivity contribution in [2.45, 2.75) is 39.0 Å². The second-order valence-corrected chi connectivity index (χ2v) is 5.21. The standard InChI is InChI=1S/C15H24N4O2/c1-2-10-21-14-11-13(17-12-18-14)16-7-6-15(20)19-8-4-3-5-9-19/h11-12H,2-10H2,1H3,(H,16,17,18). The third kappa shape index (κ3) is 5.21. The lowest BCUT2D eigenvalue weighted by Crippen LogP contribution is -2.36. The summed E-state index contributed by atoms with van der Waals surface area (Å²) in [5, 5.41) is 3.15. The minimum Gasteiger partial charge on any atom is -0.478 e. The zero-order valence-electron chi connectivity index (χ0n) is 12.7. The summed E-state index contributed by atoms with van der Waals surface area (Å²) in [6, 6.07) is 1.76. The predicted octanol–water partition coefficient (Wildman–Crippen LogP) is 2.08. The zero-order valence-corrected chi connectivity index (χ0v) is 12.7. The largest absolute Gasteiger partial charge is 0.478 e. The number of carbonyl (C=O) groups is 1. The number of carbonyl (C=O) groups excluding carboxylic acids is 1. The molecule has 2 heterocycles. The van der Waals surface area contributed by atoms with Gasteiger partial charge in [-0.3, -0.25) is 4.79 Å². The highest BCUT2D eigenvalue weighted by atomic mass is 16.5.